The molecule has 5 heteroatoms. The lowest BCUT2D eigenvalue weighted by Crippen LogP contribution is -2.57. The fraction of sp³-hybridized carbons (Fsp3) is 0.929. The summed E-state index contributed by atoms with van der Waals surface area (Å²) in [4.78, 5) is 16.3. The van der Waals surface area contributed by atoms with Gasteiger partial charge in [0, 0.05) is 31.7 Å². The molecular weight excluding hydrogens is 244 g/mol. The van der Waals surface area contributed by atoms with Crippen LogP contribution in [0.25, 0.3) is 0 Å². The smallest absolute Gasteiger partial charge is 0.410 e. The molecule has 0 saturated carbocycles. The summed E-state index contributed by atoms with van der Waals surface area (Å²) in [5, 5.41) is 9.55. The summed E-state index contributed by atoms with van der Waals surface area (Å²) < 4.78 is 5.44. The van der Waals surface area contributed by atoms with E-state index >= 15 is 0 Å². The van der Waals surface area contributed by atoms with Gasteiger partial charge >= 0.3 is 6.09 Å². The number of hydrogen-bond acceptors (Lipinski definition) is 4. The molecule has 2 aliphatic rings. The fourth-order valence-corrected chi connectivity index (χ4v) is 3.07. The van der Waals surface area contributed by atoms with Crippen molar-refractivity contribution in [3.63, 3.8) is 0 Å². The minimum Gasteiger partial charge on any atom is -0.444 e. The van der Waals surface area contributed by atoms with Crippen LogP contribution in [0.5, 0.6) is 0 Å². The van der Waals surface area contributed by atoms with E-state index in [-0.39, 0.29) is 12.2 Å². The Kier molecular flexibility index (Phi) is 4.06. The average molecular weight is 270 g/mol. The van der Waals surface area contributed by atoms with Gasteiger partial charge in [-0.25, -0.2) is 4.79 Å². The molecule has 0 aromatic rings. The van der Waals surface area contributed by atoms with Crippen molar-refractivity contribution in [1.82, 2.24) is 9.80 Å². The van der Waals surface area contributed by atoms with Gasteiger partial charge in [-0.15, -0.1) is 0 Å². The minimum atomic E-state index is -0.438. The van der Waals surface area contributed by atoms with E-state index in [0.717, 1.165) is 25.9 Å². The Balaban J connectivity index is 1.94. The summed E-state index contributed by atoms with van der Waals surface area (Å²) >= 11 is 0. The van der Waals surface area contributed by atoms with Crippen molar-refractivity contribution in [1.29, 1.82) is 0 Å². The number of amides is 1. The highest BCUT2D eigenvalue weighted by atomic mass is 16.6. The van der Waals surface area contributed by atoms with Crippen LogP contribution in [0, 0.1) is 0 Å². The van der Waals surface area contributed by atoms with E-state index in [9.17, 15) is 9.90 Å². The highest BCUT2D eigenvalue weighted by Gasteiger charge is 2.42. The molecule has 2 aliphatic heterocycles. The monoisotopic (exact) mass is 270 g/mol. The number of aliphatic hydroxyl groups is 1. The number of likely N-dealkylation sites (tertiary alicyclic amines) is 1. The van der Waals surface area contributed by atoms with Gasteiger partial charge in [0.25, 0.3) is 0 Å². The Morgan fingerprint density at radius 1 is 1.32 bits per heavy atom. The lowest BCUT2D eigenvalue weighted by molar-refractivity contribution is -0.00609. The molecule has 0 spiro atoms. The van der Waals surface area contributed by atoms with Crippen molar-refractivity contribution in [2.24, 2.45) is 0 Å². The number of nitrogens with zero attached hydrogens (tertiary/aromatic N) is 2. The summed E-state index contributed by atoms with van der Waals surface area (Å²) in [6.07, 6.45) is 1.70. The summed E-state index contributed by atoms with van der Waals surface area (Å²) in [5.74, 6) is 0. The van der Waals surface area contributed by atoms with E-state index in [4.69, 9.17) is 4.74 Å². The molecule has 19 heavy (non-hydrogen) atoms. The topological polar surface area (TPSA) is 53.0 Å². The maximum atomic E-state index is 12.1. The summed E-state index contributed by atoms with van der Waals surface area (Å²) in [5.41, 5.74) is -0.438. The van der Waals surface area contributed by atoms with Crippen LogP contribution >= 0.6 is 0 Å². The first-order valence-electron chi connectivity index (χ1n) is 7.18. The van der Waals surface area contributed by atoms with E-state index < -0.39 is 5.60 Å². The predicted molar refractivity (Wildman–Crippen MR) is 73.0 cm³/mol. The van der Waals surface area contributed by atoms with Gasteiger partial charge < -0.3 is 14.7 Å². The highest BCUT2D eigenvalue weighted by molar-refractivity contribution is 5.68. The molecule has 2 fully saturated rings. The normalized spacial score (nSPS) is 29.4. The molecule has 1 N–H and O–H groups in total. The van der Waals surface area contributed by atoms with Crippen LogP contribution in [0.4, 0.5) is 4.79 Å². The highest BCUT2D eigenvalue weighted by Crippen LogP contribution is 2.30. The number of aliphatic hydroxyl groups excluding tert-OH is 1. The molecule has 0 radical (unpaired) electrons. The predicted octanol–water partition coefficient (Wildman–Crippen LogP) is 1.45. The maximum Gasteiger partial charge on any atom is 0.410 e. The number of rotatable bonds is 2. The average Bonchev–Trinajstić information content (AvgIpc) is 2.48. The molecule has 3 unspecified atom stereocenters. The van der Waals surface area contributed by atoms with Gasteiger partial charge in [0.2, 0.25) is 0 Å². The number of carbonyl (C=O) groups excluding carboxylic acids is 1. The molecule has 0 aromatic heterocycles. The van der Waals surface area contributed by atoms with Crippen LogP contribution in [-0.4, -0.2) is 64.4 Å². The van der Waals surface area contributed by atoms with E-state index in [1.165, 1.54) is 0 Å². The summed E-state index contributed by atoms with van der Waals surface area (Å²) in [6, 6.07) is 0.752. The minimum absolute atomic E-state index is 0.207. The molecule has 5 nitrogen and oxygen atoms in total. The van der Waals surface area contributed by atoms with E-state index in [2.05, 4.69) is 4.90 Å². The second-order valence-electron chi connectivity index (χ2n) is 6.82. The second kappa shape index (κ2) is 5.29. The Hall–Kier alpha value is -0.810. The van der Waals surface area contributed by atoms with Crippen molar-refractivity contribution in [3.8, 4) is 0 Å². The molecule has 0 aliphatic carbocycles. The number of fused-ring (bicyclic) bond motifs is 2. The van der Waals surface area contributed by atoms with Crippen molar-refractivity contribution >= 4 is 6.09 Å². The zero-order valence-corrected chi connectivity index (χ0v) is 12.4. The largest absolute Gasteiger partial charge is 0.444 e. The van der Waals surface area contributed by atoms with Crippen LogP contribution in [0.1, 0.15) is 40.5 Å². The van der Waals surface area contributed by atoms with Crippen LogP contribution in [-0.2, 0) is 4.74 Å². The maximum absolute atomic E-state index is 12.1. The Morgan fingerprint density at radius 3 is 2.26 bits per heavy atom. The molecule has 2 heterocycles. The molecular formula is C14H26N2O3. The summed E-state index contributed by atoms with van der Waals surface area (Å²) in [6.45, 7) is 9.64. The molecule has 0 aromatic carbocycles. The van der Waals surface area contributed by atoms with Gasteiger partial charge in [-0.3, -0.25) is 4.90 Å². The van der Waals surface area contributed by atoms with Crippen LogP contribution in [0.15, 0.2) is 0 Å². The molecule has 110 valence electrons. The van der Waals surface area contributed by atoms with Gasteiger partial charge in [0.15, 0.2) is 0 Å². The van der Waals surface area contributed by atoms with Crippen LogP contribution in [0.2, 0.25) is 0 Å². The zero-order chi connectivity index (χ0) is 14.2. The molecule has 3 atom stereocenters. The number of carbonyl (C=O) groups is 1. The van der Waals surface area contributed by atoms with Gasteiger partial charge in [-0.05, 0) is 40.5 Å². The fourth-order valence-electron chi connectivity index (χ4n) is 3.07. The number of hydrogen-bond donors (Lipinski definition) is 1. The SMILES string of the molecule is CC(O)CN1C2CCC1CN(C(=O)OC(C)(C)C)C2. The first-order valence-corrected chi connectivity index (χ1v) is 7.18. The summed E-state index contributed by atoms with van der Waals surface area (Å²) in [7, 11) is 0. The quantitative estimate of drug-likeness (QED) is 0.825. The number of piperazine rings is 1. The van der Waals surface area contributed by atoms with Gasteiger partial charge in [-0.2, -0.15) is 0 Å². The Labute approximate surface area is 115 Å². The van der Waals surface area contributed by atoms with Crippen molar-refractivity contribution in [3.05, 3.63) is 0 Å². The first kappa shape index (κ1) is 14.6. The lowest BCUT2D eigenvalue weighted by Gasteiger charge is -2.41. The van der Waals surface area contributed by atoms with Gasteiger partial charge in [0.05, 0.1) is 6.10 Å². The van der Waals surface area contributed by atoms with Gasteiger partial charge in [-0.1, -0.05) is 0 Å². The number of ether oxygens (including phenoxy) is 1. The second-order valence-corrected chi connectivity index (χ2v) is 6.82. The standard InChI is InChI=1S/C14H26N2O3/c1-10(17)7-16-11-5-6-12(16)9-15(8-11)13(18)19-14(2,3)4/h10-12,17H,5-9H2,1-4H3. The first-order chi connectivity index (χ1) is 8.76. The van der Waals surface area contributed by atoms with Crippen LogP contribution in [0.3, 0.4) is 0 Å². The third-order valence-electron chi connectivity index (χ3n) is 3.76. The zero-order valence-electron chi connectivity index (χ0n) is 12.4. The van der Waals surface area contributed by atoms with E-state index in [0.29, 0.717) is 18.6 Å². The lowest BCUT2D eigenvalue weighted by atomic mass is 10.1. The van der Waals surface area contributed by atoms with Crippen molar-refractivity contribution in [2.45, 2.75) is 64.3 Å². The molecule has 1 amide bonds. The molecule has 2 saturated heterocycles. The third kappa shape index (κ3) is 3.60. The Morgan fingerprint density at radius 2 is 1.84 bits per heavy atom. The van der Waals surface area contributed by atoms with E-state index in [1.807, 2.05) is 32.6 Å². The molecule has 2 rings (SSSR count). The van der Waals surface area contributed by atoms with E-state index in [1.54, 1.807) is 0 Å². The van der Waals surface area contributed by atoms with Crippen LogP contribution < -0.4 is 0 Å². The Bertz CT molecular complexity index is 324. The van der Waals surface area contributed by atoms with Gasteiger partial charge in [0.1, 0.15) is 5.60 Å². The van der Waals surface area contributed by atoms with Crippen molar-refractivity contribution in [2.75, 3.05) is 19.6 Å². The molecule has 2 bridgehead atoms. The van der Waals surface area contributed by atoms with Crippen molar-refractivity contribution < 1.29 is 14.6 Å². The third-order valence-corrected chi connectivity index (χ3v) is 3.76.